The monoisotopic (exact) mass is 168 g/mol. The summed E-state index contributed by atoms with van der Waals surface area (Å²) in [6, 6.07) is 1.88. The molecule has 0 spiro atoms. The highest BCUT2D eigenvalue weighted by atomic mass is 16.5. The van der Waals surface area contributed by atoms with Crippen molar-refractivity contribution in [2.24, 2.45) is 0 Å². The molecule has 66 valence electrons. The van der Waals surface area contributed by atoms with Crippen molar-refractivity contribution in [2.45, 2.75) is 19.8 Å². The lowest BCUT2D eigenvalue weighted by Crippen LogP contribution is -2.01. The highest BCUT2D eigenvalue weighted by molar-refractivity contribution is 5.69. The van der Waals surface area contributed by atoms with Crippen LogP contribution in [0, 0.1) is 6.92 Å². The van der Waals surface area contributed by atoms with Crippen molar-refractivity contribution in [2.75, 3.05) is 7.11 Å². The van der Waals surface area contributed by atoms with Crippen molar-refractivity contribution < 1.29 is 13.9 Å². The van der Waals surface area contributed by atoms with Gasteiger partial charge < -0.3 is 9.15 Å². The summed E-state index contributed by atoms with van der Waals surface area (Å²) in [5.74, 6) is 0.659. The molecule has 0 amide bonds. The van der Waals surface area contributed by atoms with Crippen LogP contribution in [-0.2, 0) is 16.0 Å². The summed E-state index contributed by atoms with van der Waals surface area (Å²) >= 11 is 0. The second kappa shape index (κ2) is 3.95. The van der Waals surface area contributed by atoms with Crippen LogP contribution in [0.2, 0.25) is 0 Å². The van der Waals surface area contributed by atoms with Gasteiger partial charge in [-0.1, -0.05) is 0 Å². The van der Waals surface area contributed by atoms with Gasteiger partial charge in [-0.2, -0.15) is 0 Å². The molecule has 0 radical (unpaired) electrons. The SMILES string of the molecule is COC(=O)CCc1occc1C. The van der Waals surface area contributed by atoms with Gasteiger partial charge in [-0.05, 0) is 18.6 Å². The van der Waals surface area contributed by atoms with Crippen molar-refractivity contribution in [3.63, 3.8) is 0 Å². The van der Waals surface area contributed by atoms with Gasteiger partial charge in [0.2, 0.25) is 0 Å². The molecule has 0 aliphatic rings. The zero-order chi connectivity index (χ0) is 8.97. The maximum absolute atomic E-state index is 10.8. The molecule has 0 saturated carbocycles. The third kappa shape index (κ3) is 2.12. The van der Waals surface area contributed by atoms with E-state index in [4.69, 9.17) is 4.42 Å². The van der Waals surface area contributed by atoms with E-state index in [1.807, 2.05) is 13.0 Å². The Morgan fingerprint density at radius 2 is 2.42 bits per heavy atom. The Morgan fingerprint density at radius 3 is 2.92 bits per heavy atom. The first kappa shape index (κ1) is 8.84. The lowest BCUT2D eigenvalue weighted by atomic mass is 10.2. The van der Waals surface area contributed by atoms with Crippen molar-refractivity contribution >= 4 is 5.97 Å². The predicted molar refractivity (Wildman–Crippen MR) is 43.8 cm³/mol. The summed E-state index contributed by atoms with van der Waals surface area (Å²) in [5, 5.41) is 0. The highest BCUT2D eigenvalue weighted by Gasteiger charge is 2.05. The van der Waals surface area contributed by atoms with E-state index in [1.165, 1.54) is 7.11 Å². The highest BCUT2D eigenvalue weighted by Crippen LogP contribution is 2.10. The topological polar surface area (TPSA) is 39.4 Å². The lowest BCUT2D eigenvalue weighted by molar-refractivity contribution is -0.140. The Kier molecular flexibility index (Phi) is 2.91. The molecule has 1 rings (SSSR count). The van der Waals surface area contributed by atoms with Crippen LogP contribution in [0.4, 0.5) is 0 Å². The van der Waals surface area contributed by atoms with Gasteiger partial charge in [-0.3, -0.25) is 4.79 Å². The van der Waals surface area contributed by atoms with Crippen LogP contribution >= 0.6 is 0 Å². The molecule has 3 nitrogen and oxygen atoms in total. The number of aryl methyl sites for hydroxylation is 2. The minimum Gasteiger partial charge on any atom is -0.469 e. The quantitative estimate of drug-likeness (QED) is 0.645. The van der Waals surface area contributed by atoms with Crippen molar-refractivity contribution in [3.8, 4) is 0 Å². The van der Waals surface area contributed by atoms with E-state index in [-0.39, 0.29) is 5.97 Å². The van der Waals surface area contributed by atoms with E-state index in [1.54, 1.807) is 6.26 Å². The number of furan rings is 1. The second-order valence-electron chi connectivity index (χ2n) is 2.60. The van der Waals surface area contributed by atoms with E-state index in [9.17, 15) is 4.79 Å². The zero-order valence-corrected chi connectivity index (χ0v) is 7.29. The second-order valence-corrected chi connectivity index (χ2v) is 2.60. The summed E-state index contributed by atoms with van der Waals surface area (Å²) in [7, 11) is 1.39. The Bertz CT molecular complexity index is 262. The van der Waals surface area contributed by atoms with Gasteiger partial charge in [-0.25, -0.2) is 0 Å². The summed E-state index contributed by atoms with van der Waals surface area (Å²) in [5.41, 5.74) is 1.08. The number of esters is 1. The van der Waals surface area contributed by atoms with Crippen LogP contribution in [0.3, 0.4) is 0 Å². The van der Waals surface area contributed by atoms with Crippen LogP contribution in [0.1, 0.15) is 17.7 Å². The molecule has 12 heavy (non-hydrogen) atoms. The molecule has 1 aromatic rings. The lowest BCUT2D eigenvalue weighted by Gasteiger charge is -1.97. The maximum Gasteiger partial charge on any atom is 0.305 e. The number of carbonyl (C=O) groups is 1. The van der Waals surface area contributed by atoms with Crippen LogP contribution in [-0.4, -0.2) is 13.1 Å². The minimum atomic E-state index is -0.203. The Morgan fingerprint density at radius 1 is 1.67 bits per heavy atom. The Labute approximate surface area is 71.3 Å². The number of rotatable bonds is 3. The average Bonchev–Trinajstić information content (AvgIpc) is 2.47. The zero-order valence-electron chi connectivity index (χ0n) is 7.29. The first-order valence-corrected chi connectivity index (χ1v) is 3.84. The predicted octanol–water partition coefficient (Wildman–Crippen LogP) is 1.69. The van der Waals surface area contributed by atoms with E-state index >= 15 is 0 Å². The summed E-state index contributed by atoms with van der Waals surface area (Å²) < 4.78 is 9.66. The molecule has 0 saturated heterocycles. The number of methoxy groups -OCH3 is 1. The fourth-order valence-electron chi connectivity index (χ4n) is 0.978. The molecule has 3 heteroatoms. The Hall–Kier alpha value is -1.25. The largest absolute Gasteiger partial charge is 0.469 e. The van der Waals surface area contributed by atoms with Crippen LogP contribution in [0.15, 0.2) is 16.7 Å². The fourth-order valence-corrected chi connectivity index (χ4v) is 0.978. The van der Waals surface area contributed by atoms with Crippen LogP contribution in [0.5, 0.6) is 0 Å². The van der Waals surface area contributed by atoms with Crippen molar-refractivity contribution in [3.05, 3.63) is 23.7 Å². The summed E-state index contributed by atoms with van der Waals surface area (Å²) in [6.45, 7) is 1.95. The standard InChI is InChI=1S/C9H12O3/c1-7-5-6-12-8(7)3-4-9(10)11-2/h5-6H,3-4H2,1-2H3. The first-order valence-electron chi connectivity index (χ1n) is 3.84. The molecular weight excluding hydrogens is 156 g/mol. The van der Waals surface area contributed by atoms with Gasteiger partial charge in [0.05, 0.1) is 19.8 Å². The van der Waals surface area contributed by atoms with Crippen LogP contribution < -0.4 is 0 Å². The van der Waals surface area contributed by atoms with Crippen molar-refractivity contribution in [1.82, 2.24) is 0 Å². The van der Waals surface area contributed by atoms with E-state index in [2.05, 4.69) is 4.74 Å². The summed E-state index contributed by atoms with van der Waals surface area (Å²) in [6.07, 6.45) is 2.62. The third-order valence-electron chi connectivity index (χ3n) is 1.75. The molecule has 0 N–H and O–H groups in total. The van der Waals surface area contributed by atoms with Gasteiger partial charge in [0.25, 0.3) is 0 Å². The maximum atomic E-state index is 10.8. The third-order valence-corrected chi connectivity index (χ3v) is 1.75. The summed E-state index contributed by atoms with van der Waals surface area (Å²) in [4.78, 5) is 10.8. The van der Waals surface area contributed by atoms with E-state index in [0.717, 1.165) is 11.3 Å². The number of hydrogen-bond donors (Lipinski definition) is 0. The van der Waals surface area contributed by atoms with Crippen LogP contribution in [0.25, 0.3) is 0 Å². The number of hydrogen-bond acceptors (Lipinski definition) is 3. The average molecular weight is 168 g/mol. The van der Waals surface area contributed by atoms with Gasteiger partial charge in [0, 0.05) is 6.42 Å². The Balaban J connectivity index is 2.43. The van der Waals surface area contributed by atoms with Gasteiger partial charge in [-0.15, -0.1) is 0 Å². The van der Waals surface area contributed by atoms with Gasteiger partial charge in [0.15, 0.2) is 0 Å². The van der Waals surface area contributed by atoms with E-state index < -0.39 is 0 Å². The van der Waals surface area contributed by atoms with Gasteiger partial charge in [0.1, 0.15) is 5.76 Å². The number of ether oxygens (including phenoxy) is 1. The van der Waals surface area contributed by atoms with Crippen molar-refractivity contribution in [1.29, 1.82) is 0 Å². The minimum absolute atomic E-state index is 0.203. The molecule has 0 atom stereocenters. The molecule has 0 unspecified atom stereocenters. The normalized spacial score (nSPS) is 9.83. The van der Waals surface area contributed by atoms with E-state index in [0.29, 0.717) is 12.8 Å². The molecular formula is C9H12O3. The first-order chi connectivity index (χ1) is 5.74. The molecule has 0 aliphatic heterocycles. The smallest absolute Gasteiger partial charge is 0.305 e. The molecule has 0 bridgehead atoms. The molecule has 1 aromatic heterocycles. The fraction of sp³-hybridized carbons (Fsp3) is 0.444. The molecule has 0 aromatic carbocycles. The molecule has 1 heterocycles. The molecule has 0 aliphatic carbocycles. The number of carbonyl (C=O) groups excluding carboxylic acids is 1. The van der Waals surface area contributed by atoms with Gasteiger partial charge >= 0.3 is 5.97 Å². The molecule has 0 fully saturated rings.